The van der Waals surface area contributed by atoms with Crippen molar-refractivity contribution in [2.45, 2.75) is 37.6 Å². The molecule has 0 unspecified atom stereocenters. The molecule has 0 saturated heterocycles. The normalized spacial score (nSPS) is 11.7. The number of rotatable bonds is 8. The molecule has 0 bridgehead atoms. The summed E-state index contributed by atoms with van der Waals surface area (Å²) in [5.74, 6) is -0.298. The predicted molar refractivity (Wildman–Crippen MR) is 102 cm³/mol. The molecule has 144 valence electrons. The second kappa shape index (κ2) is 9.31. The van der Waals surface area contributed by atoms with Crippen LogP contribution in [0.5, 0.6) is 0 Å². The Morgan fingerprint density at radius 2 is 1.96 bits per heavy atom. The van der Waals surface area contributed by atoms with Crippen molar-refractivity contribution in [3.8, 4) is 0 Å². The van der Waals surface area contributed by atoms with Gasteiger partial charge in [0, 0.05) is 12.6 Å². The number of carbonyl (C=O) groups excluding carboxylic acids is 3. The topological polar surface area (TPSA) is 103 Å². The zero-order valence-electron chi connectivity index (χ0n) is 15.7. The van der Waals surface area contributed by atoms with E-state index in [1.165, 1.54) is 18.7 Å². The number of nitrogens with zero attached hydrogens (tertiary/aromatic N) is 3. The van der Waals surface area contributed by atoms with Crippen LogP contribution in [-0.2, 0) is 27.8 Å². The van der Waals surface area contributed by atoms with Crippen molar-refractivity contribution >= 4 is 35.1 Å². The van der Waals surface area contributed by atoms with E-state index in [-0.39, 0.29) is 24.1 Å². The zero-order valence-corrected chi connectivity index (χ0v) is 16.5. The van der Waals surface area contributed by atoms with Crippen LogP contribution in [0.3, 0.4) is 0 Å². The molecule has 0 aliphatic rings. The highest BCUT2D eigenvalue weighted by Gasteiger charge is 2.21. The number of thioether (sulfide) groups is 1. The van der Waals surface area contributed by atoms with Crippen LogP contribution >= 0.6 is 11.8 Å². The van der Waals surface area contributed by atoms with E-state index >= 15 is 0 Å². The summed E-state index contributed by atoms with van der Waals surface area (Å²) in [6, 6.07) is 6.85. The van der Waals surface area contributed by atoms with E-state index in [0.29, 0.717) is 28.8 Å². The predicted octanol–water partition coefficient (Wildman–Crippen LogP) is 2.24. The number of ketones is 1. The van der Waals surface area contributed by atoms with E-state index in [0.717, 1.165) is 0 Å². The van der Waals surface area contributed by atoms with Crippen LogP contribution in [0.15, 0.2) is 29.4 Å². The highest BCUT2D eigenvalue weighted by atomic mass is 32.2. The molecule has 0 saturated carbocycles. The zero-order chi connectivity index (χ0) is 20.0. The summed E-state index contributed by atoms with van der Waals surface area (Å²) < 4.78 is 6.57. The number of esters is 1. The van der Waals surface area contributed by atoms with E-state index < -0.39 is 5.25 Å². The number of aromatic nitrogens is 3. The third kappa shape index (κ3) is 5.40. The molecular formula is C18H22N4O4S. The van der Waals surface area contributed by atoms with E-state index in [1.54, 1.807) is 49.7 Å². The maximum Gasteiger partial charge on any atom is 0.313 e. The average molecular weight is 390 g/mol. The molecule has 1 heterocycles. The van der Waals surface area contributed by atoms with Gasteiger partial charge in [-0.2, -0.15) is 0 Å². The lowest BCUT2D eigenvalue weighted by atomic mass is 10.1. The lowest BCUT2D eigenvalue weighted by Gasteiger charge is -2.13. The monoisotopic (exact) mass is 390 g/mol. The molecule has 1 aromatic heterocycles. The lowest BCUT2D eigenvalue weighted by Crippen LogP contribution is -2.24. The van der Waals surface area contributed by atoms with Gasteiger partial charge in [0.25, 0.3) is 0 Å². The Hall–Kier alpha value is -2.68. The number of hydrogen-bond acceptors (Lipinski definition) is 7. The Labute approximate surface area is 161 Å². The van der Waals surface area contributed by atoms with Crippen LogP contribution in [0.2, 0.25) is 0 Å². The van der Waals surface area contributed by atoms with E-state index in [2.05, 4.69) is 15.5 Å². The van der Waals surface area contributed by atoms with Crippen LogP contribution in [0.4, 0.5) is 5.69 Å². The van der Waals surface area contributed by atoms with Gasteiger partial charge in [0.15, 0.2) is 10.9 Å². The van der Waals surface area contributed by atoms with Gasteiger partial charge in [-0.05, 0) is 32.9 Å². The van der Waals surface area contributed by atoms with Gasteiger partial charge in [0.2, 0.25) is 5.91 Å². The van der Waals surface area contributed by atoms with Crippen molar-refractivity contribution in [3.05, 3.63) is 35.7 Å². The molecule has 1 N–H and O–H groups in total. The summed E-state index contributed by atoms with van der Waals surface area (Å²) in [5.41, 5.74) is 0.932. The first-order valence-corrected chi connectivity index (χ1v) is 9.32. The molecule has 2 aromatic rings. The van der Waals surface area contributed by atoms with Crippen molar-refractivity contribution in [2.75, 3.05) is 11.9 Å². The summed E-state index contributed by atoms with van der Waals surface area (Å²) in [7, 11) is 1.73. The summed E-state index contributed by atoms with van der Waals surface area (Å²) in [6.45, 7) is 5.22. The fourth-order valence-corrected chi connectivity index (χ4v) is 3.12. The van der Waals surface area contributed by atoms with Crippen LogP contribution in [0.25, 0.3) is 0 Å². The molecule has 8 nitrogen and oxygen atoms in total. The molecule has 0 aliphatic carbocycles. The summed E-state index contributed by atoms with van der Waals surface area (Å²) in [5, 5.41) is 10.8. The summed E-state index contributed by atoms with van der Waals surface area (Å²) in [4.78, 5) is 35.8. The molecule has 27 heavy (non-hydrogen) atoms. The molecule has 2 rings (SSSR count). The second-order valence-corrected chi connectivity index (χ2v) is 7.10. The van der Waals surface area contributed by atoms with E-state index in [4.69, 9.17) is 4.74 Å². The Balaban J connectivity index is 2.04. The summed E-state index contributed by atoms with van der Waals surface area (Å²) >= 11 is 1.21. The number of anilines is 1. The quantitative estimate of drug-likeness (QED) is 0.419. The standard InChI is InChI=1S/C18H22N4O4S/c1-5-26-16(24)10-15-20-21-18(22(15)4)27-12(3)17(25)19-14-9-7-6-8-13(14)11(2)23/h6-9,12H,5,10H2,1-4H3,(H,19,25)/t12-/m0/s1. The first-order valence-electron chi connectivity index (χ1n) is 8.44. The third-order valence-corrected chi connectivity index (χ3v) is 4.88. The van der Waals surface area contributed by atoms with Crippen molar-refractivity contribution in [1.29, 1.82) is 0 Å². The van der Waals surface area contributed by atoms with E-state index in [1.807, 2.05) is 0 Å². The van der Waals surface area contributed by atoms with Gasteiger partial charge in [-0.3, -0.25) is 14.4 Å². The first-order chi connectivity index (χ1) is 12.8. The molecule has 1 aromatic carbocycles. The fraction of sp³-hybridized carbons (Fsp3) is 0.389. The smallest absolute Gasteiger partial charge is 0.313 e. The number of hydrogen-bond donors (Lipinski definition) is 1. The van der Waals surface area contributed by atoms with Gasteiger partial charge in [0.05, 0.1) is 17.5 Å². The lowest BCUT2D eigenvalue weighted by molar-refractivity contribution is -0.142. The van der Waals surface area contributed by atoms with Gasteiger partial charge >= 0.3 is 5.97 Å². The largest absolute Gasteiger partial charge is 0.466 e. The number of para-hydroxylation sites is 1. The number of ether oxygens (including phenoxy) is 1. The highest BCUT2D eigenvalue weighted by Crippen LogP contribution is 2.24. The minimum atomic E-state index is -0.483. The highest BCUT2D eigenvalue weighted by molar-refractivity contribution is 8.00. The van der Waals surface area contributed by atoms with Gasteiger partial charge in [-0.15, -0.1) is 10.2 Å². The fourth-order valence-electron chi connectivity index (χ4n) is 2.29. The molecule has 0 aliphatic heterocycles. The molecule has 1 amide bonds. The van der Waals surface area contributed by atoms with Crippen molar-refractivity contribution in [2.24, 2.45) is 7.05 Å². The van der Waals surface area contributed by atoms with Crippen LogP contribution in [0.1, 0.15) is 37.0 Å². The Morgan fingerprint density at radius 3 is 2.63 bits per heavy atom. The minimum absolute atomic E-state index is 0.0183. The maximum atomic E-state index is 12.5. The molecule has 1 atom stereocenters. The third-order valence-electron chi connectivity index (χ3n) is 3.75. The number of benzene rings is 1. The number of Topliss-reactive ketones (excluding diaryl/α,β-unsaturated/α-hetero) is 1. The van der Waals surface area contributed by atoms with Crippen molar-refractivity contribution < 1.29 is 19.1 Å². The molecule has 0 fully saturated rings. The van der Waals surface area contributed by atoms with Crippen LogP contribution in [0, 0.1) is 0 Å². The van der Waals surface area contributed by atoms with Gasteiger partial charge in [-0.1, -0.05) is 23.9 Å². The summed E-state index contributed by atoms with van der Waals surface area (Å²) in [6.07, 6.45) is 0.0183. The Bertz CT molecular complexity index is 850. The van der Waals surface area contributed by atoms with Crippen LogP contribution < -0.4 is 5.32 Å². The molecular weight excluding hydrogens is 368 g/mol. The molecule has 9 heteroatoms. The van der Waals surface area contributed by atoms with Gasteiger partial charge in [0.1, 0.15) is 12.2 Å². The van der Waals surface area contributed by atoms with Crippen LogP contribution in [-0.4, -0.2) is 44.3 Å². The van der Waals surface area contributed by atoms with Crippen molar-refractivity contribution in [3.63, 3.8) is 0 Å². The maximum absolute atomic E-state index is 12.5. The number of amides is 1. The van der Waals surface area contributed by atoms with Gasteiger partial charge in [-0.25, -0.2) is 0 Å². The van der Waals surface area contributed by atoms with E-state index in [9.17, 15) is 14.4 Å². The van der Waals surface area contributed by atoms with Gasteiger partial charge < -0.3 is 14.6 Å². The minimum Gasteiger partial charge on any atom is -0.466 e. The average Bonchev–Trinajstić information content (AvgIpc) is 2.95. The first kappa shape index (κ1) is 20.6. The SMILES string of the molecule is CCOC(=O)Cc1nnc(S[C@@H](C)C(=O)Nc2ccccc2C(C)=O)n1C. The molecule has 0 radical (unpaired) electrons. The Kier molecular flexibility index (Phi) is 7.12. The Morgan fingerprint density at radius 1 is 1.26 bits per heavy atom. The second-order valence-electron chi connectivity index (χ2n) is 5.79. The van der Waals surface area contributed by atoms with Crippen molar-refractivity contribution in [1.82, 2.24) is 14.8 Å². The number of nitrogens with one attached hydrogen (secondary N) is 1. The molecule has 0 spiro atoms. The number of carbonyl (C=O) groups is 3.